The summed E-state index contributed by atoms with van der Waals surface area (Å²) in [5.41, 5.74) is 1.94. The van der Waals surface area contributed by atoms with Crippen LogP contribution in [0.2, 0.25) is 5.02 Å². The van der Waals surface area contributed by atoms with Gasteiger partial charge in [0.05, 0.1) is 11.5 Å². The van der Waals surface area contributed by atoms with Gasteiger partial charge in [-0.1, -0.05) is 41.4 Å². The van der Waals surface area contributed by atoms with Crippen molar-refractivity contribution >= 4 is 27.5 Å². The van der Waals surface area contributed by atoms with Crippen molar-refractivity contribution in [2.75, 3.05) is 32.8 Å². The van der Waals surface area contributed by atoms with Crippen molar-refractivity contribution in [3.05, 3.63) is 64.7 Å². The molecule has 0 unspecified atom stereocenters. The van der Waals surface area contributed by atoms with Gasteiger partial charge in [-0.05, 0) is 36.8 Å². The third-order valence-corrected chi connectivity index (χ3v) is 6.82. The van der Waals surface area contributed by atoms with Crippen molar-refractivity contribution < 1.29 is 17.9 Å². The molecule has 0 bridgehead atoms. The zero-order valence-corrected chi connectivity index (χ0v) is 17.2. The van der Waals surface area contributed by atoms with E-state index < -0.39 is 10.0 Å². The number of carbonyl (C=O) groups excluding carboxylic acids is 1. The molecule has 8 heteroatoms. The highest BCUT2D eigenvalue weighted by Crippen LogP contribution is 2.18. The first kappa shape index (κ1) is 20.8. The Labute approximate surface area is 170 Å². The van der Waals surface area contributed by atoms with E-state index in [-0.39, 0.29) is 30.5 Å². The van der Waals surface area contributed by atoms with Gasteiger partial charge in [0.25, 0.3) is 0 Å². The predicted octanol–water partition coefficient (Wildman–Crippen LogP) is 2.70. The van der Waals surface area contributed by atoms with E-state index in [0.717, 1.165) is 11.1 Å². The SMILES string of the molecule is Cc1ccc(S(=O)(=O)N2CCN(C(=O)COCc3ccc(Cl)cc3)CC2)cc1. The van der Waals surface area contributed by atoms with Gasteiger partial charge in [0.1, 0.15) is 6.61 Å². The molecule has 150 valence electrons. The van der Waals surface area contributed by atoms with Crippen molar-refractivity contribution in [2.24, 2.45) is 0 Å². The number of halogens is 1. The normalized spacial score (nSPS) is 15.6. The summed E-state index contributed by atoms with van der Waals surface area (Å²) in [6.07, 6.45) is 0. The van der Waals surface area contributed by atoms with Crippen LogP contribution in [-0.4, -0.2) is 56.3 Å². The van der Waals surface area contributed by atoms with Crippen molar-refractivity contribution in [2.45, 2.75) is 18.4 Å². The monoisotopic (exact) mass is 422 g/mol. The lowest BCUT2D eigenvalue weighted by Gasteiger charge is -2.34. The van der Waals surface area contributed by atoms with Crippen LogP contribution in [0.25, 0.3) is 0 Å². The zero-order valence-electron chi connectivity index (χ0n) is 15.7. The number of amides is 1. The summed E-state index contributed by atoms with van der Waals surface area (Å²) < 4.78 is 32.3. The van der Waals surface area contributed by atoms with Crippen LogP contribution in [0.15, 0.2) is 53.4 Å². The number of aryl methyl sites for hydroxylation is 1. The fourth-order valence-electron chi connectivity index (χ4n) is 2.97. The first-order valence-corrected chi connectivity index (χ1v) is 10.8. The average Bonchev–Trinajstić information content (AvgIpc) is 2.70. The maximum Gasteiger partial charge on any atom is 0.248 e. The van der Waals surface area contributed by atoms with E-state index in [2.05, 4.69) is 0 Å². The summed E-state index contributed by atoms with van der Waals surface area (Å²) in [5, 5.41) is 0.651. The van der Waals surface area contributed by atoms with E-state index in [1.807, 2.05) is 19.1 Å². The number of ether oxygens (including phenoxy) is 1. The molecule has 1 saturated heterocycles. The molecular weight excluding hydrogens is 400 g/mol. The number of sulfonamides is 1. The van der Waals surface area contributed by atoms with E-state index in [0.29, 0.717) is 24.7 Å². The van der Waals surface area contributed by atoms with E-state index in [1.165, 1.54) is 4.31 Å². The third-order valence-electron chi connectivity index (χ3n) is 4.66. The molecule has 0 radical (unpaired) electrons. The fourth-order valence-corrected chi connectivity index (χ4v) is 4.51. The Balaban J connectivity index is 1.48. The van der Waals surface area contributed by atoms with Crippen LogP contribution in [0.3, 0.4) is 0 Å². The number of rotatable bonds is 6. The molecule has 1 amide bonds. The molecule has 1 heterocycles. The Morgan fingerprint density at radius 3 is 2.21 bits per heavy atom. The lowest BCUT2D eigenvalue weighted by Crippen LogP contribution is -2.51. The molecule has 0 spiro atoms. The van der Waals surface area contributed by atoms with Crippen molar-refractivity contribution in [3.8, 4) is 0 Å². The van der Waals surface area contributed by atoms with Crippen molar-refractivity contribution in [1.82, 2.24) is 9.21 Å². The maximum absolute atomic E-state index is 12.7. The molecule has 0 aliphatic carbocycles. The molecule has 2 aromatic rings. The second-order valence-corrected chi connectivity index (χ2v) is 9.09. The summed E-state index contributed by atoms with van der Waals surface area (Å²) in [6.45, 7) is 3.47. The summed E-state index contributed by atoms with van der Waals surface area (Å²) in [7, 11) is -3.53. The van der Waals surface area contributed by atoms with Gasteiger partial charge in [0.2, 0.25) is 15.9 Å². The molecular formula is C20H23ClN2O4S. The van der Waals surface area contributed by atoms with E-state index in [4.69, 9.17) is 16.3 Å². The molecule has 2 aromatic carbocycles. The first-order valence-electron chi connectivity index (χ1n) is 9.03. The Kier molecular flexibility index (Phi) is 6.72. The van der Waals surface area contributed by atoms with Crippen LogP contribution in [0, 0.1) is 6.92 Å². The van der Waals surface area contributed by atoms with Gasteiger partial charge in [0.15, 0.2) is 0 Å². The van der Waals surface area contributed by atoms with Crippen molar-refractivity contribution in [3.63, 3.8) is 0 Å². The molecule has 0 saturated carbocycles. The third kappa shape index (κ3) is 5.11. The number of carbonyl (C=O) groups is 1. The average molecular weight is 423 g/mol. The second kappa shape index (κ2) is 9.05. The van der Waals surface area contributed by atoms with Gasteiger partial charge in [-0.2, -0.15) is 4.31 Å². The van der Waals surface area contributed by atoms with Crippen LogP contribution in [0.1, 0.15) is 11.1 Å². The molecule has 3 rings (SSSR count). The second-order valence-electron chi connectivity index (χ2n) is 6.72. The van der Waals surface area contributed by atoms with Crippen LogP contribution in [0.4, 0.5) is 0 Å². The van der Waals surface area contributed by atoms with Gasteiger partial charge in [0, 0.05) is 31.2 Å². The van der Waals surface area contributed by atoms with Crippen LogP contribution in [-0.2, 0) is 26.2 Å². The smallest absolute Gasteiger partial charge is 0.248 e. The lowest BCUT2D eigenvalue weighted by atomic mass is 10.2. The number of nitrogens with zero attached hydrogens (tertiary/aromatic N) is 2. The highest BCUT2D eigenvalue weighted by Gasteiger charge is 2.29. The minimum absolute atomic E-state index is 0.0344. The number of piperazine rings is 1. The minimum atomic E-state index is -3.53. The quantitative estimate of drug-likeness (QED) is 0.717. The topological polar surface area (TPSA) is 66.9 Å². The Bertz CT molecular complexity index is 906. The molecule has 1 aliphatic rings. The Morgan fingerprint density at radius 1 is 1.00 bits per heavy atom. The van der Waals surface area contributed by atoms with Gasteiger partial charge in [-0.3, -0.25) is 4.79 Å². The standard InChI is InChI=1S/C20H23ClN2O4S/c1-16-2-8-19(9-3-16)28(25,26)23-12-10-22(11-13-23)20(24)15-27-14-17-4-6-18(21)7-5-17/h2-9H,10-15H2,1H3. The van der Waals surface area contributed by atoms with Crippen LogP contribution >= 0.6 is 11.6 Å². The molecule has 0 N–H and O–H groups in total. The first-order chi connectivity index (χ1) is 13.4. The highest BCUT2D eigenvalue weighted by molar-refractivity contribution is 7.89. The van der Waals surface area contributed by atoms with Gasteiger partial charge in [-0.25, -0.2) is 8.42 Å². The highest BCUT2D eigenvalue weighted by atomic mass is 35.5. The largest absolute Gasteiger partial charge is 0.367 e. The molecule has 0 atom stereocenters. The summed E-state index contributed by atoms with van der Waals surface area (Å²) in [4.78, 5) is 14.2. The molecule has 1 fully saturated rings. The summed E-state index contributed by atoms with van der Waals surface area (Å²) >= 11 is 5.84. The fraction of sp³-hybridized carbons (Fsp3) is 0.350. The number of benzene rings is 2. The molecule has 28 heavy (non-hydrogen) atoms. The van der Waals surface area contributed by atoms with Crippen LogP contribution < -0.4 is 0 Å². The Hall–Kier alpha value is -1.93. The predicted molar refractivity (Wildman–Crippen MR) is 108 cm³/mol. The number of hydrogen-bond acceptors (Lipinski definition) is 4. The number of hydrogen-bond donors (Lipinski definition) is 0. The lowest BCUT2D eigenvalue weighted by molar-refractivity contribution is -0.137. The molecule has 0 aromatic heterocycles. The Morgan fingerprint density at radius 2 is 1.61 bits per heavy atom. The molecule has 1 aliphatic heterocycles. The van der Waals surface area contributed by atoms with Crippen molar-refractivity contribution in [1.29, 1.82) is 0 Å². The van der Waals surface area contributed by atoms with Crippen LogP contribution in [0.5, 0.6) is 0 Å². The van der Waals surface area contributed by atoms with E-state index in [1.54, 1.807) is 41.3 Å². The zero-order chi connectivity index (χ0) is 20.1. The maximum atomic E-state index is 12.7. The summed E-state index contributed by atoms with van der Waals surface area (Å²) in [6, 6.07) is 14.0. The van der Waals surface area contributed by atoms with Gasteiger partial charge in [-0.15, -0.1) is 0 Å². The van der Waals surface area contributed by atoms with Gasteiger partial charge >= 0.3 is 0 Å². The summed E-state index contributed by atoms with van der Waals surface area (Å²) in [5.74, 6) is -0.138. The molecule has 6 nitrogen and oxygen atoms in total. The minimum Gasteiger partial charge on any atom is -0.367 e. The van der Waals surface area contributed by atoms with E-state index >= 15 is 0 Å². The van der Waals surface area contributed by atoms with Gasteiger partial charge < -0.3 is 9.64 Å². The van der Waals surface area contributed by atoms with E-state index in [9.17, 15) is 13.2 Å².